The molecule has 4 bridgehead atoms. The van der Waals surface area contributed by atoms with Crippen LogP contribution in [0.2, 0.25) is 0 Å². The lowest BCUT2D eigenvalue weighted by Crippen LogP contribution is -2.51. The summed E-state index contributed by atoms with van der Waals surface area (Å²) in [6, 6.07) is 0. The van der Waals surface area contributed by atoms with E-state index < -0.39 is 4.83 Å². The Morgan fingerprint density at radius 1 is 1.15 bits per heavy atom. The topological polar surface area (TPSA) is 55.4 Å². The van der Waals surface area contributed by atoms with E-state index in [2.05, 4.69) is 26.0 Å². The minimum atomic E-state index is -0.451. The van der Waals surface area contributed by atoms with E-state index in [4.69, 9.17) is 0 Å². The largest absolute Gasteiger partial charge is 0.468 e. The first kappa shape index (κ1) is 14.4. The molecule has 1 unspecified atom stereocenters. The fraction of sp³-hybridized carbons (Fsp3) is 0.867. The number of rotatable bonds is 4. The molecule has 4 aliphatic carbocycles. The summed E-state index contributed by atoms with van der Waals surface area (Å²) in [6.45, 7) is 0.314. The van der Waals surface area contributed by atoms with Crippen molar-refractivity contribution in [3.8, 4) is 0 Å². The number of hydrogen-bond acceptors (Lipinski definition) is 3. The Balaban J connectivity index is 1.56. The third kappa shape index (κ3) is 2.61. The second-order valence-electron chi connectivity index (χ2n) is 6.69. The zero-order valence-corrected chi connectivity index (χ0v) is 13.4. The van der Waals surface area contributed by atoms with Gasteiger partial charge in [-0.25, -0.2) is 0 Å². The molecule has 0 radical (unpaired) electrons. The number of nitrogens with one attached hydrogen (secondary N) is 1. The summed E-state index contributed by atoms with van der Waals surface area (Å²) in [5, 5.41) is 2.94. The Kier molecular flexibility index (Phi) is 4.07. The highest BCUT2D eigenvalue weighted by Crippen LogP contribution is 2.56. The third-order valence-electron chi connectivity index (χ3n) is 5.44. The zero-order valence-electron chi connectivity index (χ0n) is 11.8. The van der Waals surface area contributed by atoms with Gasteiger partial charge in [-0.15, -0.1) is 0 Å². The van der Waals surface area contributed by atoms with E-state index in [-0.39, 0.29) is 17.8 Å². The number of alkyl halides is 1. The van der Waals surface area contributed by atoms with Crippen molar-refractivity contribution in [1.82, 2.24) is 5.32 Å². The van der Waals surface area contributed by atoms with Crippen LogP contribution in [0.15, 0.2) is 0 Å². The number of halogens is 1. The number of carbonyl (C=O) groups is 2. The van der Waals surface area contributed by atoms with Gasteiger partial charge in [0, 0.05) is 12.5 Å². The van der Waals surface area contributed by atoms with E-state index in [1.54, 1.807) is 0 Å². The summed E-state index contributed by atoms with van der Waals surface area (Å²) in [6.07, 6.45) is 6.34. The Morgan fingerprint density at radius 2 is 1.70 bits per heavy atom. The molecule has 4 fully saturated rings. The number of hydrogen-bond donors (Lipinski definition) is 1. The van der Waals surface area contributed by atoms with E-state index in [0.29, 0.717) is 18.4 Å². The maximum absolute atomic E-state index is 12.5. The molecule has 0 aliphatic heterocycles. The van der Waals surface area contributed by atoms with Crippen LogP contribution in [-0.4, -0.2) is 30.4 Å². The summed E-state index contributed by atoms with van der Waals surface area (Å²) in [7, 11) is 1.36. The van der Waals surface area contributed by atoms with Gasteiger partial charge >= 0.3 is 5.97 Å². The highest BCUT2D eigenvalue weighted by Gasteiger charge is 2.50. The van der Waals surface area contributed by atoms with Crippen molar-refractivity contribution in [2.45, 2.75) is 36.9 Å². The summed E-state index contributed by atoms with van der Waals surface area (Å²) in [4.78, 5) is 23.3. The number of ether oxygens (including phenoxy) is 1. The van der Waals surface area contributed by atoms with Gasteiger partial charge in [0.05, 0.1) is 7.11 Å². The maximum Gasteiger partial charge on any atom is 0.321 e. The molecule has 4 aliphatic rings. The van der Waals surface area contributed by atoms with Crippen molar-refractivity contribution in [2.75, 3.05) is 13.7 Å². The normalized spacial score (nSPS) is 39.4. The van der Waals surface area contributed by atoms with Gasteiger partial charge in [0.15, 0.2) is 0 Å². The van der Waals surface area contributed by atoms with Crippen LogP contribution in [0.3, 0.4) is 0 Å². The van der Waals surface area contributed by atoms with E-state index >= 15 is 0 Å². The van der Waals surface area contributed by atoms with E-state index in [9.17, 15) is 9.59 Å². The van der Waals surface area contributed by atoms with Crippen LogP contribution in [0.5, 0.6) is 0 Å². The van der Waals surface area contributed by atoms with Crippen LogP contribution in [0, 0.1) is 29.6 Å². The number of esters is 1. The van der Waals surface area contributed by atoms with Crippen LogP contribution < -0.4 is 5.32 Å². The Morgan fingerprint density at radius 3 is 2.20 bits per heavy atom. The van der Waals surface area contributed by atoms with Gasteiger partial charge in [0.1, 0.15) is 4.83 Å². The first-order valence-corrected chi connectivity index (χ1v) is 8.49. The lowest BCUT2D eigenvalue weighted by Gasteiger charge is -2.53. The van der Waals surface area contributed by atoms with Gasteiger partial charge < -0.3 is 10.1 Å². The quantitative estimate of drug-likeness (QED) is 0.628. The third-order valence-corrected chi connectivity index (χ3v) is 6.14. The molecule has 4 rings (SSSR count). The molecular formula is C15H22BrNO3. The second-order valence-corrected chi connectivity index (χ2v) is 7.80. The molecule has 4 nitrogen and oxygen atoms in total. The lowest BCUT2D eigenvalue weighted by molar-refractivity contribution is -0.140. The minimum absolute atomic E-state index is 0.146. The molecule has 0 spiro atoms. The highest BCUT2D eigenvalue weighted by molar-refractivity contribution is 9.10. The second kappa shape index (κ2) is 5.66. The summed E-state index contributed by atoms with van der Waals surface area (Å²) in [5.74, 6) is 2.90. The number of amides is 1. The molecule has 1 amide bonds. The maximum atomic E-state index is 12.5. The molecule has 0 aromatic rings. The predicted octanol–water partition coefficient (Wildman–Crippen LogP) is 2.11. The summed E-state index contributed by atoms with van der Waals surface area (Å²) >= 11 is 3.24. The first-order chi connectivity index (χ1) is 9.58. The SMILES string of the molecule is COC(=O)C(Br)CNC(=O)C1C2CC3CC(C2)CC1C3. The average molecular weight is 344 g/mol. The van der Waals surface area contributed by atoms with Gasteiger partial charge in [-0.05, 0) is 55.8 Å². The summed E-state index contributed by atoms with van der Waals surface area (Å²) < 4.78 is 4.65. The predicted molar refractivity (Wildman–Crippen MR) is 78.3 cm³/mol. The Bertz CT molecular complexity index is 384. The standard InChI is InChI=1S/C15H22BrNO3/c1-20-15(19)12(16)7-17-14(18)13-10-3-8-2-9(5-10)6-11(13)4-8/h8-13H,2-7H2,1H3,(H,17,18). The van der Waals surface area contributed by atoms with Crippen LogP contribution >= 0.6 is 15.9 Å². The van der Waals surface area contributed by atoms with Crippen LogP contribution in [0.1, 0.15) is 32.1 Å². The molecule has 0 aromatic heterocycles. The molecule has 0 heterocycles. The van der Waals surface area contributed by atoms with Gasteiger partial charge in [-0.2, -0.15) is 0 Å². The van der Waals surface area contributed by atoms with Gasteiger partial charge in [0.2, 0.25) is 5.91 Å². The fourth-order valence-corrected chi connectivity index (χ4v) is 5.22. The van der Waals surface area contributed by atoms with Crippen molar-refractivity contribution in [1.29, 1.82) is 0 Å². The fourth-order valence-electron chi connectivity index (χ4n) is 4.87. The molecule has 0 aromatic carbocycles. The Labute approximate surface area is 128 Å². The molecule has 20 heavy (non-hydrogen) atoms. The van der Waals surface area contributed by atoms with Crippen LogP contribution in [0.4, 0.5) is 0 Å². The summed E-state index contributed by atoms with van der Waals surface area (Å²) in [5.41, 5.74) is 0. The number of methoxy groups -OCH3 is 1. The zero-order chi connectivity index (χ0) is 14.3. The highest BCUT2D eigenvalue weighted by atomic mass is 79.9. The smallest absolute Gasteiger partial charge is 0.321 e. The van der Waals surface area contributed by atoms with Crippen molar-refractivity contribution < 1.29 is 14.3 Å². The van der Waals surface area contributed by atoms with Crippen molar-refractivity contribution in [3.63, 3.8) is 0 Å². The van der Waals surface area contributed by atoms with Crippen LogP contribution in [0.25, 0.3) is 0 Å². The Hall–Kier alpha value is -0.580. The van der Waals surface area contributed by atoms with Crippen molar-refractivity contribution >= 4 is 27.8 Å². The molecule has 112 valence electrons. The van der Waals surface area contributed by atoms with Crippen LogP contribution in [-0.2, 0) is 14.3 Å². The number of carbonyl (C=O) groups excluding carboxylic acids is 2. The van der Waals surface area contributed by atoms with E-state index in [0.717, 1.165) is 11.8 Å². The molecule has 0 saturated heterocycles. The monoisotopic (exact) mass is 343 g/mol. The van der Waals surface area contributed by atoms with Gasteiger partial charge in [-0.3, -0.25) is 9.59 Å². The molecule has 5 heteroatoms. The lowest BCUT2D eigenvalue weighted by atomic mass is 9.51. The molecule has 4 saturated carbocycles. The van der Waals surface area contributed by atoms with Crippen molar-refractivity contribution in [3.05, 3.63) is 0 Å². The van der Waals surface area contributed by atoms with Gasteiger partial charge in [0.25, 0.3) is 0 Å². The first-order valence-electron chi connectivity index (χ1n) is 7.58. The van der Waals surface area contributed by atoms with Crippen molar-refractivity contribution in [2.24, 2.45) is 29.6 Å². The molecule has 1 atom stereocenters. The van der Waals surface area contributed by atoms with E-state index in [1.165, 1.54) is 39.2 Å². The van der Waals surface area contributed by atoms with E-state index in [1.807, 2.05) is 0 Å². The van der Waals surface area contributed by atoms with Gasteiger partial charge in [-0.1, -0.05) is 15.9 Å². The minimum Gasteiger partial charge on any atom is -0.468 e. The molecule has 1 N–H and O–H groups in total. The average Bonchev–Trinajstić information content (AvgIpc) is 2.42. The molecular weight excluding hydrogens is 322 g/mol.